The first-order chi connectivity index (χ1) is 11.9. The normalized spacial score (nSPS) is 12.6. The van der Waals surface area contributed by atoms with Crippen molar-refractivity contribution >= 4 is 35.3 Å². The third-order valence-corrected chi connectivity index (χ3v) is 4.59. The first kappa shape index (κ1) is 19.5. The van der Waals surface area contributed by atoms with Gasteiger partial charge in [0, 0.05) is 0 Å². The van der Waals surface area contributed by atoms with Gasteiger partial charge in [-0.2, -0.15) is 5.10 Å². The predicted octanol–water partition coefficient (Wildman–Crippen LogP) is 5.45. The monoisotopic (exact) mass is 376 g/mol. The van der Waals surface area contributed by atoms with Crippen LogP contribution in [-0.4, -0.2) is 12.1 Å². The lowest BCUT2D eigenvalue weighted by atomic mass is 9.96. The number of carbonyl (C=O) groups is 1. The van der Waals surface area contributed by atoms with Crippen molar-refractivity contribution in [1.29, 1.82) is 0 Å². The van der Waals surface area contributed by atoms with E-state index in [1.165, 1.54) is 5.56 Å². The summed E-state index contributed by atoms with van der Waals surface area (Å²) in [6, 6.07) is 13.3. The molecule has 0 aliphatic rings. The Hall–Kier alpha value is -1.84. The van der Waals surface area contributed by atoms with E-state index in [9.17, 15) is 4.79 Å². The molecule has 1 atom stereocenters. The van der Waals surface area contributed by atoms with E-state index in [1.54, 1.807) is 24.4 Å². The maximum absolute atomic E-state index is 12.2. The van der Waals surface area contributed by atoms with Crippen molar-refractivity contribution in [2.75, 3.05) is 0 Å². The Kier molecular flexibility index (Phi) is 7.03. The molecule has 0 aliphatic heterocycles. The maximum atomic E-state index is 12.2. The highest BCUT2D eigenvalue weighted by Crippen LogP contribution is 2.22. The number of rotatable bonds is 6. The zero-order valence-corrected chi connectivity index (χ0v) is 16.1. The molecule has 0 aliphatic carbocycles. The summed E-state index contributed by atoms with van der Waals surface area (Å²) >= 11 is 11.8. The summed E-state index contributed by atoms with van der Waals surface area (Å²) < 4.78 is 0. The quantitative estimate of drug-likeness (QED) is 0.528. The van der Waals surface area contributed by atoms with Crippen LogP contribution in [0.25, 0.3) is 0 Å². The van der Waals surface area contributed by atoms with Crippen molar-refractivity contribution < 1.29 is 4.79 Å². The lowest BCUT2D eigenvalue weighted by molar-refractivity contribution is -0.122. The SMILES string of the molecule is CC(C)Cc1ccc(C(C)C(=O)N/N=C/c2ccc(Cl)c(Cl)c2)cc1. The average molecular weight is 377 g/mol. The number of nitrogens with zero attached hydrogens (tertiary/aromatic N) is 1. The fourth-order valence-electron chi connectivity index (χ4n) is 2.43. The fraction of sp³-hybridized carbons (Fsp3) is 0.300. The molecule has 0 radical (unpaired) electrons. The van der Waals surface area contributed by atoms with Crippen molar-refractivity contribution in [2.45, 2.75) is 33.1 Å². The van der Waals surface area contributed by atoms with E-state index < -0.39 is 0 Å². The Morgan fingerprint density at radius 2 is 1.76 bits per heavy atom. The maximum Gasteiger partial charge on any atom is 0.247 e. The standard InChI is InChI=1S/C20H22Cl2N2O/c1-13(2)10-15-4-7-17(8-5-15)14(3)20(25)24-23-12-16-6-9-18(21)19(22)11-16/h4-9,11-14H,10H2,1-3H3,(H,24,25)/b23-12+. The van der Waals surface area contributed by atoms with E-state index in [4.69, 9.17) is 23.2 Å². The Balaban J connectivity index is 1.95. The first-order valence-corrected chi connectivity index (χ1v) is 8.99. The molecule has 0 saturated heterocycles. The smallest absolute Gasteiger partial charge is 0.247 e. The number of hydrogen-bond acceptors (Lipinski definition) is 2. The summed E-state index contributed by atoms with van der Waals surface area (Å²) in [7, 11) is 0. The largest absolute Gasteiger partial charge is 0.272 e. The van der Waals surface area contributed by atoms with Crippen molar-refractivity contribution in [1.82, 2.24) is 5.43 Å². The third-order valence-electron chi connectivity index (χ3n) is 3.85. The van der Waals surface area contributed by atoms with Gasteiger partial charge in [-0.3, -0.25) is 4.79 Å². The summed E-state index contributed by atoms with van der Waals surface area (Å²) in [5.41, 5.74) is 5.58. The number of carbonyl (C=O) groups excluding carboxylic acids is 1. The van der Waals surface area contributed by atoms with Crippen LogP contribution in [0.2, 0.25) is 10.0 Å². The number of nitrogens with one attached hydrogen (secondary N) is 1. The highest BCUT2D eigenvalue weighted by atomic mass is 35.5. The van der Waals surface area contributed by atoms with Gasteiger partial charge in [0.15, 0.2) is 0 Å². The van der Waals surface area contributed by atoms with Gasteiger partial charge in [-0.25, -0.2) is 5.43 Å². The van der Waals surface area contributed by atoms with Crippen LogP contribution in [0.4, 0.5) is 0 Å². The molecule has 2 aromatic rings. The van der Waals surface area contributed by atoms with Crippen LogP contribution >= 0.6 is 23.2 Å². The second-order valence-corrected chi connectivity index (χ2v) is 7.28. The molecule has 0 fully saturated rings. The van der Waals surface area contributed by atoms with E-state index in [0.29, 0.717) is 16.0 Å². The fourth-order valence-corrected chi connectivity index (χ4v) is 2.73. The minimum absolute atomic E-state index is 0.159. The van der Waals surface area contributed by atoms with Crippen LogP contribution < -0.4 is 5.43 Å². The van der Waals surface area contributed by atoms with Gasteiger partial charge in [0.05, 0.1) is 22.2 Å². The first-order valence-electron chi connectivity index (χ1n) is 8.23. The van der Waals surface area contributed by atoms with Gasteiger partial charge in [0.25, 0.3) is 0 Å². The molecule has 0 spiro atoms. The molecule has 0 bridgehead atoms. The van der Waals surface area contributed by atoms with Gasteiger partial charge >= 0.3 is 0 Å². The van der Waals surface area contributed by atoms with E-state index in [-0.39, 0.29) is 11.8 Å². The number of halogens is 2. The lowest BCUT2D eigenvalue weighted by Gasteiger charge is -2.11. The molecule has 0 aromatic heterocycles. The molecule has 2 rings (SSSR count). The van der Waals surface area contributed by atoms with E-state index in [0.717, 1.165) is 17.5 Å². The Bertz CT molecular complexity index is 755. The average Bonchev–Trinajstić information content (AvgIpc) is 2.57. The minimum Gasteiger partial charge on any atom is -0.272 e. The number of benzene rings is 2. The molecule has 132 valence electrons. The van der Waals surface area contributed by atoms with Crippen LogP contribution in [0.1, 0.15) is 43.4 Å². The van der Waals surface area contributed by atoms with E-state index in [1.807, 2.05) is 19.1 Å². The molecule has 0 saturated carbocycles. The highest BCUT2D eigenvalue weighted by molar-refractivity contribution is 6.42. The molecular weight excluding hydrogens is 355 g/mol. The van der Waals surface area contributed by atoms with Crippen LogP contribution in [0.15, 0.2) is 47.6 Å². The molecule has 1 amide bonds. The number of amides is 1. The Morgan fingerprint density at radius 3 is 2.36 bits per heavy atom. The zero-order valence-electron chi connectivity index (χ0n) is 14.6. The molecule has 3 nitrogen and oxygen atoms in total. The van der Waals surface area contributed by atoms with Gasteiger partial charge in [0.1, 0.15) is 0 Å². The molecule has 1 N–H and O–H groups in total. The van der Waals surface area contributed by atoms with Crippen LogP contribution in [-0.2, 0) is 11.2 Å². The lowest BCUT2D eigenvalue weighted by Crippen LogP contribution is -2.23. The summed E-state index contributed by atoms with van der Waals surface area (Å²) in [6.45, 7) is 6.24. The third kappa shape index (κ3) is 5.87. The van der Waals surface area contributed by atoms with Gasteiger partial charge in [-0.05, 0) is 48.1 Å². The van der Waals surface area contributed by atoms with Gasteiger partial charge < -0.3 is 0 Å². The summed E-state index contributed by atoms with van der Waals surface area (Å²) in [4.78, 5) is 12.2. The van der Waals surface area contributed by atoms with Crippen molar-refractivity contribution in [3.8, 4) is 0 Å². The molecule has 1 unspecified atom stereocenters. The number of hydrogen-bond donors (Lipinski definition) is 1. The highest BCUT2D eigenvalue weighted by Gasteiger charge is 2.14. The van der Waals surface area contributed by atoms with E-state index >= 15 is 0 Å². The van der Waals surface area contributed by atoms with Gasteiger partial charge in [-0.15, -0.1) is 0 Å². The minimum atomic E-state index is -0.279. The van der Waals surface area contributed by atoms with Gasteiger partial charge in [-0.1, -0.05) is 67.4 Å². The van der Waals surface area contributed by atoms with Gasteiger partial charge in [0.2, 0.25) is 5.91 Å². The molecule has 2 aromatic carbocycles. The number of hydrazone groups is 1. The summed E-state index contributed by atoms with van der Waals surface area (Å²) in [5, 5.41) is 4.92. The second kappa shape index (κ2) is 9.02. The predicted molar refractivity (Wildman–Crippen MR) is 106 cm³/mol. The van der Waals surface area contributed by atoms with Crippen LogP contribution in [0.5, 0.6) is 0 Å². The molecule has 0 heterocycles. The van der Waals surface area contributed by atoms with E-state index in [2.05, 4.69) is 36.5 Å². The van der Waals surface area contributed by atoms with Crippen molar-refractivity contribution in [3.63, 3.8) is 0 Å². The Morgan fingerprint density at radius 1 is 1.08 bits per heavy atom. The second-order valence-electron chi connectivity index (χ2n) is 6.47. The zero-order chi connectivity index (χ0) is 18.4. The molecular formula is C20H22Cl2N2O. The summed E-state index contributed by atoms with van der Waals surface area (Å²) in [5.74, 6) is 0.175. The Labute approximate surface area is 159 Å². The van der Waals surface area contributed by atoms with Crippen LogP contribution in [0, 0.1) is 5.92 Å². The van der Waals surface area contributed by atoms with Crippen molar-refractivity contribution in [2.24, 2.45) is 11.0 Å². The summed E-state index contributed by atoms with van der Waals surface area (Å²) in [6.07, 6.45) is 2.58. The molecule has 25 heavy (non-hydrogen) atoms. The van der Waals surface area contributed by atoms with Crippen molar-refractivity contribution in [3.05, 3.63) is 69.2 Å². The van der Waals surface area contributed by atoms with Crippen LogP contribution in [0.3, 0.4) is 0 Å². The molecule has 5 heteroatoms. The topological polar surface area (TPSA) is 41.5 Å².